The van der Waals surface area contributed by atoms with Crippen molar-refractivity contribution in [3.8, 4) is 11.5 Å². The topological polar surface area (TPSA) is 67.8 Å². The lowest BCUT2D eigenvalue weighted by Crippen LogP contribution is -2.14. The zero-order valence-electron chi connectivity index (χ0n) is 11.0. The van der Waals surface area contributed by atoms with Crippen LogP contribution in [-0.4, -0.2) is 11.0 Å². The number of ether oxygens (including phenoxy) is 1. The molecule has 104 valence electrons. The number of rotatable bonds is 4. The number of benzene rings is 2. The molecule has 0 fully saturated rings. The van der Waals surface area contributed by atoms with Crippen LogP contribution in [-0.2, 0) is 6.42 Å². The van der Waals surface area contributed by atoms with Crippen molar-refractivity contribution in [3.63, 3.8) is 0 Å². The smallest absolute Gasteiger partial charge is 0.173 e. The highest BCUT2D eigenvalue weighted by Gasteiger charge is 2.10. The van der Waals surface area contributed by atoms with Gasteiger partial charge < -0.3 is 15.7 Å². The maximum Gasteiger partial charge on any atom is 0.173 e. The van der Waals surface area contributed by atoms with Gasteiger partial charge in [-0.25, -0.2) is 0 Å². The average Bonchev–Trinajstić information content (AvgIpc) is 2.47. The second-order valence-electron chi connectivity index (χ2n) is 4.23. The molecule has 0 amide bonds. The van der Waals surface area contributed by atoms with E-state index >= 15 is 0 Å². The first-order valence-corrected chi connectivity index (χ1v) is 6.97. The summed E-state index contributed by atoms with van der Waals surface area (Å²) in [4.78, 5) is 0. The van der Waals surface area contributed by atoms with E-state index in [1.54, 1.807) is 12.1 Å². The normalized spacial score (nSPS) is 11.4. The third kappa shape index (κ3) is 3.30. The Labute approximate surface area is 126 Å². The van der Waals surface area contributed by atoms with Crippen LogP contribution in [0.2, 0.25) is 0 Å². The minimum atomic E-state index is 0.0131. The second-order valence-corrected chi connectivity index (χ2v) is 5.14. The molecule has 0 aliphatic carbocycles. The first-order chi connectivity index (χ1) is 9.63. The van der Waals surface area contributed by atoms with Crippen LogP contribution < -0.4 is 10.5 Å². The highest BCUT2D eigenvalue weighted by Crippen LogP contribution is 2.29. The zero-order valence-corrected chi connectivity index (χ0v) is 12.6. The standard InChI is InChI=1S/C15H15BrN2O2/c1-2-10-4-3-5-12(8-10)20-14-9-11(16)6-7-13(14)15(17)18-19/h3-9,19H,2H2,1H3,(H2,17,18). The summed E-state index contributed by atoms with van der Waals surface area (Å²) in [6, 6.07) is 13.1. The zero-order chi connectivity index (χ0) is 14.5. The maximum atomic E-state index is 8.83. The van der Waals surface area contributed by atoms with E-state index in [-0.39, 0.29) is 5.84 Å². The summed E-state index contributed by atoms with van der Waals surface area (Å²) < 4.78 is 6.71. The quantitative estimate of drug-likeness (QED) is 0.385. The number of hydrogen-bond acceptors (Lipinski definition) is 3. The molecule has 0 radical (unpaired) electrons. The molecule has 3 N–H and O–H groups in total. The SMILES string of the molecule is CCc1cccc(Oc2cc(Br)ccc2/C(N)=N/O)c1. The van der Waals surface area contributed by atoms with Crippen LogP contribution in [0.5, 0.6) is 11.5 Å². The molecule has 0 aliphatic heterocycles. The number of hydrogen-bond donors (Lipinski definition) is 2. The van der Waals surface area contributed by atoms with Crippen molar-refractivity contribution in [1.82, 2.24) is 0 Å². The highest BCUT2D eigenvalue weighted by molar-refractivity contribution is 9.10. The molecular formula is C15H15BrN2O2. The van der Waals surface area contributed by atoms with Gasteiger partial charge in [0, 0.05) is 4.47 Å². The van der Waals surface area contributed by atoms with Crippen molar-refractivity contribution in [2.75, 3.05) is 0 Å². The van der Waals surface area contributed by atoms with E-state index in [0.29, 0.717) is 11.3 Å². The summed E-state index contributed by atoms with van der Waals surface area (Å²) in [5.41, 5.74) is 7.38. The van der Waals surface area contributed by atoms with Crippen LogP contribution in [0.1, 0.15) is 18.1 Å². The molecule has 0 saturated carbocycles. The van der Waals surface area contributed by atoms with Crippen LogP contribution >= 0.6 is 15.9 Å². The predicted molar refractivity (Wildman–Crippen MR) is 82.5 cm³/mol. The molecule has 0 spiro atoms. The minimum absolute atomic E-state index is 0.0131. The van der Waals surface area contributed by atoms with Gasteiger partial charge in [0.1, 0.15) is 11.5 Å². The van der Waals surface area contributed by atoms with E-state index in [0.717, 1.165) is 16.6 Å². The highest BCUT2D eigenvalue weighted by atomic mass is 79.9. The first kappa shape index (κ1) is 14.4. The molecule has 2 aromatic rings. The molecule has 0 unspecified atom stereocenters. The van der Waals surface area contributed by atoms with Gasteiger partial charge in [0.05, 0.1) is 5.56 Å². The van der Waals surface area contributed by atoms with Gasteiger partial charge in [-0.05, 0) is 42.3 Å². The van der Waals surface area contributed by atoms with E-state index in [2.05, 4.69) is 28.0 Å². The van der Waals surface area contributed by atoms with Crippen molar-refractivity contribution in [2.45, 2.75) is 13.3 Å². The first-order valence-electron chi connectivity index (χ1n) is 6.18. The van der Waals surface area contributed by atoms with Crippen LogP contribution in [0.3, 0.4) is 0 Å². The molecule has 5 heteroatoms. The van der Waals surface area contributed by atoms with E-state index in [4.69, 9.17) is 15.7 Å². The van der Waals surface area contributed by atoms with E-state index < -0.39 is 0 Å². The molecule has 2 aromatic carbocycles. The number of amidine groups is 1. The second kappa shape index (κ2) is 6.43. The Bertz CT molecular complexity index is 642. The Kier molecular flexibility index (Phi) is 4.63. The van der Waals surface area contributed by atoms with Crippen LogP contribution in [0.25, 0.3) is 0 Å². The van der Waals surface area contributed by atoms with Gasteiger partial charge in [0.2, 0.25) is 0 Å². The van der Waals surface area contributed by atoms with E-state index in [1.807, 2.05) is 30.3 Å². The lowest BCUT2D eigenvalue weighted by molar-refractivity contribution is 0.318. The molecule has 0 aromatic heterocycles. The summed E-state index contributed by atoms with van der Waals surface area (Å²) in [5.74, 6) is 1.26. The Morgan fingerprint density at radius 1 is 1.30 bits per heavy atom. The molecule has 0 heterocycles. The van der Waals surface area contributed by atoms with Crippen molar-refractivity contribution in [1.29, 1.82) is 0 Å². The minimum Gasteiger partial charge on any atom is -0.457 e. The fraction of sp³-hybridized carbons (Fsp3) is 0.133. The lowest BCUT2D eigenvalue weighted by atomic mass is 10.1. The number of nitrogens with two attached hydrogens (primary N) is 1. The monoisotopic (exact) mass is 334 g/mol. The molecule has 0 saturated heterocycles. The van der Waals surface area contributed by atoms with Crippen molar-refractivity contribution in [2.24, 2.45) is 10.9 Å². The van der Waals surface area contributed by atoms with Gasteiger partial charge in [-0.15, -0.1) is 0 Å². The maximum absolute atomic E-state index is 8.83. The molecule has 0 aliphatic rings. The number of oxime groups is 1. The fourth-order valence-corrected chi connectivity index (χ4v) is 2.14. The number of halogens is 1. The molecule has 0 atom stereocenters. The molecule has 2 rings (SSSR count). The summed E-state index contributed by atoms with van der Waals surface area (Å²) in [6.07, 6.45) is 0.933. The van der Waals surface area contributed by atoms with Gasteiger partial charge in [-0.2, -0.15) is 0 Å². The lowest BCUT2D eigenvalue weighted by Gasteiger charge is -2.11. The Morgan fingerprint density at radius 2 is 2.10 bits per heavy atom. The van der Waals surface area contributed by atoms with Crippen LogP contribution in [0.15, 0.2) is 52.1 Å². The van der Waals surface area contributed by atoms with E-state index in [9.17, 15) is 0 Å². The van der Waals surface area contributed by atoms with Gasteiger partial charge in [-0.1, -0.05) is 40.1 Å². The Balaban J connectivity index is 2.39. The summed E-state index contributed by atoms with van der Waals surface area (Å²) in [6.45, 7) is 2.08. The number of nitrogens with zero attached hydrogens (tertiary/aromatic N) is 1. The molecule has 20 heavy (non-hydrogen) atoms. The van der Waals surface area contributed by atoms with Crippen LogP contribution in [0, 0.1) is 0 Å². The molecule has 0 bridgehead atoms. The number of aryl methyl sites for hydroxylation is 1. The van der Waals surface area contributed by atoms with Crippen molar-refractivity contribution >= 4 is 21.8 Å². The average molecular weight is 335 g/mol. The fourth-order valence-electron chi connectivity index (χ4n) is 1.80. The Morgan fingerprint density at radius 3 is 2.80 bits per heavy atom. The third-order valence-electron chi connectivity index (χ3n) is 2.86. The van der Waals surface area contributed by atoms with Crippen molar-refractivity contribution in [3.05, 3.63) is 58.1 Å². The third-order valence-corrected chi connectivity index (χ3v) is 3.36. The van der Waals surface area contributed by atoms with Crippen LogP contribution in [0.4, 0.5) is 0 Å². The largest absolute Gasteiger partial charge is 0.457 e. The van der Waals surface area contributed by atoms with E-state index in [1.165, 1.54) is 5.56 Å². The van der Waals surface area contributed by atoms with Gasteiger partial charge in [0.15, 0.2) is 5.84 Å². The predicted octanol–water partition coefficient (Wildman–Crippen LogP) is 3.90. The summed E-state index contributed by atoms with van der Waals surface area (Å²) in [7, 11) is 0. The van der Waals surface area contributed by atoms with Crippen molar-refractivity contribution < 1.29 is 9.94 Å². The van der Waals surface area contributed by atoms with Gasteiger partial charge in [0.25, 0.3) is 0 Å². The van der Waals surface area contributed by atoms with Gasteiger partial charge in [-0.3, -0.25) is 0 Å². The van der Waals surface area contributed by atoms with Gasteiger partial charge >= 0.3 is 0 Å². The molecular weight excluding hydrogens is 320 g/mol. The Hall–Kier alpha value is -2.01. The molecule has 4 nitrogen and oxygen atoms in total. The summed E-state index contributed by atoms with van der Waals surface area (Å²) in [5, 5.41) is 11.8. The summed E-state index contributed by atoms with van der Waals surface area (Å²) >= 11 is 3.39.